The summed E-state index contributed by atoms with van der Waals surface area (Å²) >= 11 is 10.4. The molecule has 0 radical (unpaired) electrons. The number of hydrogen-bond donors (Lipinski definition) is 2. The van der Waals surface area contributed by atoms with Crippen LogP contribution in [0.2, 0.25) is 0 Å². The smallest absolute Gasteiger partial charge is 0.138 e. The molecule has 24 heavy (non-hydrogen) atoms. The zero-order valence-electron chi connectivity index (χ0n) is 13.4. The Morgan fingerprint density at radius 3 is 2.88 bits per heavy atom. The highest BCUT2D eigenvalue weighted by Crippen LogP contribution is 2.14. The van der Waals surface area contributed by atoms with Gasteiger partial charge in [-0.2, -0.15) is 0 Å². The maximum atomic E-state index is 5.62. The van der Waals surface area contributed by atoms with Crippen LogP contribution in [0.4, 0.5) is 0 Å². The Labute approximate surface area is 153 Å². The van der Waals surface area contributed by atoms with E-state index in [4.69, 9.17) is 29.2 Å². The van der Waals surface area contributed by atoms with Crippen molar-refractivity contribution in [3.8, 4) is 5.75 Å². The molecule has 2 N–H and O–H groups in total. The highest BCUT2D eigenvalue weighted by molar-refractivity contribution is 7.80. The first-order chi connectivity index (χ1) is 11.7. The average Bonchev–Trinajstić information content (AvgIpc) is 2.64. The van der Waals surface area contributed by atoms with Crippen molar-refractivity contribution in [1.29, 1.82) is 0 Å². The van der Waals surface area contributed by atoms with Crippen LogP contribution in [-0.2, 0) is 6.54 Å². The van der Waals surface area contributed by atoms with Crippen LogP contribution >= 0.6 is 24.4 Å². The molecule has 124 valence electrons. The summed E-state index contributed by atoms with van der Waals surface area (Å²) in [6, 6.07) is 11.7. The number of aromatic nitrogens is 1. The van der Waals surface area contributed by atoms with Gasteiger partial charge in [-0.05, 0) is 35.4 Å². The van der Waals surface area contributed by atoms with Gasteiger partial charge >= 0.3 is 0 Å². The largest absolute Gasteiger partial charge is 0.486 e. The van der Waals surface area contributed by atoms with E-state index >= 15 is 0 Å². The van der Waals surface area contributed by atoms with Crippen molar-refractivity contribution in [1.82, 2.24) is 15.6 Å². The topological polar surface area (TPSA) is 46.2 Å². The molecule has 1 aromatic carbocycles. The number of ether oxygens (including phenoxy) is 1. The zero-order valence-corrected chi connectivity index (χ0v) is 15.0. The van der Waals surface area contributed by atoms with Crippen molar-refractivity contribution < 1.29 is 4.74 Å². The van der Waals surface area contributed by atoms with Crippen LogP contribution in [0.1, 0.15) is 11.1 Å². The van der Waals surface area contributed by atoms with Crippen LogP contribution in [0.25, 0.3) is 6.08 Å². The van der Waals surface area contributed by atoms with Gasteiger partial charge in [-0.15, -0.1) is 0 Å². The summed E-state index contributed by atoms with van der Waals surface area (Å²) in [6.45, 7) is 1.02. The molecule has 0 unspecified atom stereocenters. The Balaban J connectivity index is 1.86. The van der Waals surface area contributed by atoms with E-state index in [0.717, 1.165) is 16.9 Å². The minimum atomic E-state index is 0.365. The van der Waals surface area contributed by atoms with E-state index in [1.165, 1.54) is 0 Å². The number of hydrogen-bond acceptors (Lipinski definition) is 4. The number of rotatable bonds is 7. The molecule has 0 spiro atoms. The van der Waals surface area contributed by atoms with E-state index in [1.807, 2.05) is 54.7 Å². The number of pyridine rings is 1. The fourth-order valence-electron chi connectivity index (χ4n) is 1.85. The van der Waals surface area contributed by atoms with Crippen LogP contribution in [0.15, 0.2) is 54.9 Å². The Morgan fingerprint density at radius 2 is 2.12 bits per heavy atom. The van der Waals surface area contributed by atoms with Gasteiger partial charge in [0.2, 0.25) is 0 Å². The number of nitrogens with one attached hydrogen (secondary N) is 2. The number of nitrogens with zero attached hydrogens (tertiary/aromatic N) is 1. The summed E-state index contributed by atoms with van der Waals surface area (Å²) in [6.07, 6.45) is 7.38. The van der Waals surface area contributed by atoms with Crippen molar-refractivity contribution >= 4 is 40.5 Å². The van der Waals surface area contributed by atoms with Crippen molar-refractivity contribution in [2.24, 2.45) is 0 Å². The van der Waals surface area contributed by atoms with Gasteiger partial charge in [0.25, 0.3) is 0 Å². The van der Waals surface area contributed by atoms with Gasteiger partial charge in [0.15, 0.2) is 0 Å². The molecule has 0 amide bonds. The van der Waals surface area contributed by atoms with E-state index in [0.29, 0.717) is 23.1 Å². The molecule has 0 bridgehead atoms. The fourth-order valence-corrected chi connectivity index (χ4v) is 2.05. The molecule has 0 atom stereocenters. The summed E-state index contributed by atoms with van der Waals surface area (Å²) in [5.41, 5.74) is 2.09. The molecule has 4 nitrogen and oxygen atoms in total. The van der Waals surface area contributed by atoms with E-state index in [1.54, 1.807) is 13.2 Å². The first-order valence-electron chi connectivity index (χ1n) is 7.45. The molecule has 6 heteroatoms. The summed E-state index contributed by atoms with van der Waals surface area (Å²) in [4.78, 5) is 5.40. The standard InChI is InChI=1S/C18H19N3OS2/c1-19-18(24)13-22-16-6-2-4-14(10-16)7-8-17(23)21-12-15-5-3-9-20-11-15/h2-11H,12-13H2,1H3,(H,19,24)(H,21,23)/b8-7+. The van der Waals surface area contributed by atoms with Gasteiger partial charge in [0.1, 0.15) is 17.3 Å². The lowest BCUT2D eigenvalue weighted by atomic mass is 10.2. The lowest BCUT2D eigenvalue weighted by Gasteiger charge is -2.07. The molecule has 0 aliphatic rings. The highest BCUT2D eigenvalue weighted by Gasteiger charge is 1.98. The van der Waals surface area contributed by atoms with Crippen LogP contribution < -0.4 is 15.4 Å². The predicted molar refractivity (Wildman–Crippen MR) is 106 cm³/mol. The fraction of sp³-hybridized carbons (Fsp3) is 0.167. The molecule has 2 rings (SSSR count). The summed E-state index contributed by atoms with van der Waals surface area (Å²) < 4.78 is 5.62. The maximum Gasteiger partial charge on any atom is 0.138 e. The minimum absolute atomic E-state index is 0.365. The van der Waals surface area contributed by atoms with Crippen molar-refractivity contribution in [2.45, 2.75) is 6.54 Å². The first-order valence-corrected chi connectivity index (χ1v) is 8.27. The molecule has 0 saturated heterocycles. The number of benzene rings is 1. The molecule has 1 heterocycles. The van der Waals surface area contributed by atoms with Crippen LogP contribution in [-0.4, -0.2) is 28.6 Å². The van der Waals surface area contributed by atoms with E-state index in [9.17, 15) is 0 Å². The second-order valence-electron chi connectivity index (χ2n) is 4.95. The molecule has 0 saturated carbocycles. The van der Waals surface area contributed by atoms with E-state index in [2.05, 4.69) is 15.6 Å². The third-order valence-corrected chi connectivity index (χ3v) is 3.73. The molecule has 1 aromatic heterocycles. The molecular formula is C18H19N3OS2. The monoisotopic (exact) mass is 357 g/mol. The summed E-state index contributed by atoms with van der Waals surface area (Å²) in [5, 5.41) is 6.06. The quantitative estimate of drug-likeness (QED) is 0.586. The molecule has 0 aliphatic carbocycles. The second kappa shape index (κ2) is 9.75. The van der Waals surface area contributed by atoms with E-state index in [-0.39, 0.29) is 0 Å². The van der Waals surface area contributed by atoms with Crippen LogP contribution in [0.3, 0.4) is 0 Å². The third-order valence-electron chi connectivity index (χ3n) is 3.12. The lowest BCUT2D eigenvalue weighted by molar-refractivity contribution is 0.375. The zero-order chi connectivity index (χ0) is 17.2. The van der Waals surface area contributed by atoms with Crippen LogP contribution in [0.5, 0.6) is 5.75 Å². The predicted octanol–water partition coefficient (Wildman–Crippen LogP) is 3.14. The Morgan fingerprint density at radius 1 is 1.25 bits per heavy atom. The highest BCUT2D eigenvalue weighted by atomic mass is 32.1. The molecule has 2 aromatic rings. The van der Waals surface area contributed by atoms with Crippen LogP contribution in [0, 0.1) is 0 Å². The van der Waals surface area contributed by atoms with Crippen molar-refractivity contribution in [3.05, 3.63) is 66.0 Å². The van der Waals surface area contributed by atoms with Gasteiger partial charge in [-0.25, -0.2) is 0 Å². The number of likely N-dealkylation sites (N-methyl/N-ethyl adjacent to an activating group) is 1. The summed E-state index contributed by atoms with van der Waals surface area (Å²) in [7, 11) is 1.78. The Bertz CT molecular complexity index is 717. The van der Waals surface area contributed by atoms with Gasteiger partial charge < -0.3 is 15.4 Å². The van der Waals surface area contributed by atoms with Gasteiger partial charge in [0, 0.05) is 26.0 Å². The Hall–Kier alpha value is -2.31. The SMILES string of the molecule is CNC(=S)COc1cccc(/C=C/C(=S)NCc2cccnc2)c1. The van der Waals surface area contributed by atoms with Gasteiger partial charge in [-0.3, -0.25) is 4.98 Å². The third kappa shape index (κ3) is 6.44. The molecular weight excluding hydrogens is 338 g/mol. The molecule has 0 aliphatic heterocycles. The first kappa shape index (κ1) is 18.0. The second-order valence-corrected chi connectivity index (χ2v) is 5.88. The molecule has 0 fully saturated rings. The summed E-state index contributed by atoms with van der Waals surface area (Å²) in [5.74, 6) is 0.768. The Kier molecular flexibility index (Phi) is 7.32. The van der Waals surface area contributed by atoms with Gasteiger partial charge in [0.05, 0.1) is 4.99 Å². The maximum absolute atomic E-state index is 5.62. The normalized spacial score (nSPS) is 10.4. The van der Waals surface area contributed by atoms with Crippen molar-refractivity contribution in [2.75, 3.05) is 13.7 Å². The van der Waals surface area contributed by atoms with Crippen molar-refractivity contribution in [3.63, 3.8) is 0 Å². The lowest BCUT2D eigenvalue weighted by Crippen LogP contribution is -2.22. The minimum Gasteiger partial charge on any atom is -0.486 e. The average molecular weight is 358 g/mol. The van der Waals surface area contributed by atoms with Gasteiger partial charge in [-0.1, -0.05) is 48.7 Å². The number of thiocarbonyl (C=S) groups is 2. The van der Waals surface area contributed by atoms with E-state index < -0.39 is 0 Å².